The number of piperidine rings is 1. The number of likely N-dealkylation sites (tertiary alicyclic amines) is 1. The van der Waals surface area contributed by atoms with E-state index in [1.54, 1.807) is 0 Å². The van der Waals surface area contributed by atoms with Crippen LogP contribution in [0.4, 0.5) is 0 Å². The highest BCUT2D eigenvalue weighted by Gasteiger charge is 2.27. The topological polar surface area (TPSA) is 44.8 Å². The molecule has 2 unspecified atom stereocenters. The molecular weight excluding hydrogens is 373 g/mol. The molecule has 148 valence electrons. The number of halogens is 2. The maximum atomic E-state index is 12.6. The third-order valence-corrected chi connectivity index (χ3v) is 5.09. The second-order valence-corrected chi connectivity index (χ2v) is 6.95. The van der Waals surface area contributed by atoms with E-state index in [-0.39, 0.29) is 36.8 Å². The van der Waals surface area contributed by atoms with Gasteiger partial charge in [0.05, 0.1) is 13.2 Å². The molecule has 0 aromatic heterocycles. The summed E-state index contributed by atoms with van der Waals surface area (Å²) < 4.78 is 5.45. The highest BCUT2D eigenvalue weighted by atomic mass is 35.5. The summed E-state index contributed by atoms with van der Waals surface area (Å²) >= 11 is 0. The molecule has 2 atom stereocenters. The van der Waals surface area contributed by atoms with Gasteiger partial charge in [0.1, 0.15) is 0 Å². The fraction of sp³-hybridized carbons (Fsp3) is 0.632. The van der Waals surface area contributed by atoms with Gasteiger partial charge in [0.2, 0.25) is 5.91 Å². The number of carbonyl (C=O) groups is 1. The zero-order chi connectivity index (χ0) is 16.8. The molecule has 2 saturated heterocycles. The second kappa shape index (κ2) is 11.8. The number of benzene rings is 1. The Morgan fingerprint density at radius 1 is 1.31 bits per heavy atom. The van der Waals surface area contributed by atoms with Crippen molar-refractivity contribution in [1.82, 2.24) is 15.1 Å². The lowest BCUT2D eigenvalue weighted by Gasteiger charge is -2.38. The first-order valence-corrected chi connectivity index (χ1v) is 9.05. The minimum absolute atomic E-state index is 0. The van der Waals surface area contributed by atoms with Gasteiger partial charge in [-0.05, 0) is 24.9 Å². The molecule has 26 heavy (non-hydrogen) atoms. The van der Waals surface area contributed by atoms with Crippen LogP contribution in [0, 0.1) is 0 Å². The van der Waals surface area contributed by atoms with Crippen molar-refractivity contribution in [2.24, 2.45) is 0 Å². The van der Waals surface area contributed by atoms with Gasteiger partial charge < -0.3 is 15.0 Å². The summed E-state index contributed by atoms with van der Waals surface area (Å²) in [4.78, 5) is 17.0. The lowest BCUT2D eigenvalue weighted by molar-refractivity contribution is -0.134. The molecule has 2 heterocycles. The summed E-state index contributed by atoms with van der Waals surface area (Å²) in [5, 5.41) is 3.37. The van der Waals surface area contributed by atoms with Gasteiger partial charge >= 0.3 is 0 Å². The Morgan fingerprint density at radius 2 is 2.08 bits per heavy atom. The Bertz CT molecular complexity index is 527. The first-order chi connectivity index (χ1) is 11.7. The number of amides is 1. The Morgan fingerprint density at radius 3 is 2.77 bits per heavy atom. The lowest BCUT2D eigenvalue weighted by Crippen LogP contribution is -2.50. The van der Waals surface area contributed by atoms with E-state index in [1.807, 2.05) is 11.9 Å². The normalized spacial score (nSPS) is 23.4. The molecule has 0 radical (unpaired) electrons. The minimum atomic E-state index is 0. The molecule has 5 nitrogen and oxygen atoms in total. The average Bonchev–Trinajstić information content (AvgIpc) is 2.63. The summed E-state index contributed by atoms with van der Waals surface area (Å²) in [6, 6.07) is 11.1. The number of hydrogen-bond donors (Lipinski definition) is 1. The number of morpholine rings is 1. The highest BCUT2D eigenvalue weighted by Crippen LogP contribution is 2.18. The quantitative estimate of drug-likeness (QED) is 0.819. The number of hydrogen-bond acceptors (Lipinski definition) is 4. The van der Waals surface area contributed by atoms with Crippen molar-refractivity contribution >= 4 is 30.7 Å². The van der Waals surface area contributed by atoms with Gasteiger partial charge in [-0.15, -0.1) is 24.8 Å². The molecule has 1 amide bonds. The molecule has 3 rings (SSSR count). The second-order valence-electron chi connectivity index (χ2n) is 6.95. The van der Waals surface area contributed by atoms with Crippen LogP contribution in [0.3, 0.4) is 0 Å². The predicted octanol–water partition coefficient (Wildman–Crippen LogP) is 2.33. The van der Waals surface area contributed by atoms with Crippen LogP contribution in [0.15, 0.2) is 30.3 Å². The summed E-state index contributed by atoms with van der Waals surface area (Å²) in [5.74, 6) is 0.226. The maximum Gasteiger partial charge on any atom is 0.224 e. The van der Waals surface area contributed by atoms with Crippen LogP contribution in [0.25, 0.3) is 0 Å². The van der Waals surface area contributed by atoms with Crippen LogP contribution in [-0.2, 0) is 16.1 Å². The number of carbonyl (C=O) groups excluding carboxylic acids is 1. The third kappa shape index (κ3) is 6.71. The molecule has 1 aromatic carbocycles. The molecular formula is C19H31Cl2N3O2. The SMILES string of the molecule is CN(C(=O)CC1COCCN1)C1CCCN(Cc2ccccc2)C1.Cl.Cl. The van der Waals surface area contributed by atoms with Gasteiger partial charge in [-0.2, -0.15) is 0 Å². The standard InChI is InChI=1S/C19H29N3O2.2ClH/c1-21(19(23)12-17-15-24-11-9-20-17)18-8-5-10-22(14-18)13-16-6-3-2-4-7-16;;/h2-4,6-7,17-18,20H,5,8-15H2,1H3;2*1H. The third-order valence-electron chi connectivity index (χ3n) is 5.09. The fourth-order valence-electron chi connectivity index (χ4n) is 3.64. The van der Waals surface area contributed by atoms with E-state index in [0.29, 0.717) is 19.1 Å². The van der Waals surface area contributed by atoms with E-state index in [9.17, 15) is 4.79 Å². The summed E-state index contributed by atoms with van der Waals surface area (Å²) in [6.07, 6.45) is 2.79. The Kier molecular flexibility index (Phi) is 10.5. The predicted molar refractivity (Wildman–Crippen MR) is 109 cm³/mol. The largest absolute Gasteiger partial charge is 0.378 e. The lowest BCUT2D eigenvalue weighted by atomic mass is 10.0. The number of nitrogens with zero attached hydrogens (tertiary/aromatic N) is 2. The molecule has 0 saturated carbocycles. The van der Waals surface area contributed by atoms with Gasteiger partial charge in [-0.3, -0.25) is 9.69 Å². The molecule has 0 spiro atoms. The summed E-state index contributed by atoms with van der Waals surface area (Å²) in [7, 11) is 1.96. The average molecular weight is 404 g/mol. The van der Waals surface area contributed by atoms with Crippen molar-refractivity contribution in [3.63, 3.8) is 0 Å². The van der Waals surface area contributed by atoms with Crippen LogP contribution < -0.4 is 5.32 Å². The highest BCUT2D eigenvalue weighted by molar-refractivity contribution is 5.85. The molecule has 0 aliphatic carbocycles. The minimum Gasteiger partial charge on any atom is -0.378 e. The summed E-state index contributed by atoms with van der Waals surface area (Å²) in [6.45, 7) is 5.28. The van der Waals surface area contributed by atoms with Gasteiger partial charge in [-0.25, -0.2) is 0 Å². The van der Waals surface area contributed by atoms with Gasteiger partial charge in [0.15, 0.2) is 0 Å². The zero-order valence-electron chi connectivity index (χ0n) is 15.4. The van der Waals surface area contributed by atoms with Crippen molar-refractivity contribution in [2.45, 2.75) is 37.9 Å². The van der Waals surface area contributed by atoms with Crippen molar-refractivity contribution in [3.8, 4) is 0 Å². The monoisotopic (exact) mass is 403 g/mol. The van der Waals surface area contributed by atoms with Crippen molar-refractivity contribution in [1.29, 1.82) is 0 Å². The zero-order valence-corrected chi connectivity index (χ0v) is 17.1. The number of nitrogens with one attached hydrogen (secondary N) is 1. The molecule has 1 aromatic rings. The Hall–Kier alpha value is -0.850. The summed E-state index contributed by atoms with van der Waals surface area (Å²) in [5.41, 5.74) is 1.34. The van der Waals surface area contributed by atoms with E-state index in [4.69, 9.17) is 4.74 Å². The van der Waals surface area contributed by atoms with Gasteiger partial charge in [0.25, 0.3) is 0 Å². The van der Waals surface area contributed by atoms with Gasteiger partial charge in [0, 0.05) is 45.2 Å². The molecule has 2 aliphatic heterocycles. The molecule has 0 bridgehead atoms. The van der Waals surface area contributed by atoms with E-state index in [1.165, 1.54) is 5.56 Å². The first-order valence-electron chi connectivity index (χ1n) is 9.05. The van der Waals surface area contributed by atoms with E-state index < -0.39 is 0 Å². The van der Waals surface area contributed by atoms with Crippen molar-refractivity contribution in [2.75, 3.05) is 39.9 Å². The van der Waals surface area contributed by atoms with Crippen LogP contribution in [0.1, 0.15) is 24.8 Å². The van der Waals surface area contributed by atoms with E-state index in [0.717, 1.165) is 45.6 Å². The smallest absolute Gasteiger partial charge is 0.224 e. The maximum absolute atomic E-state index is 12.6. The van der Waals surface area contributed by atoms with E-state index >= 15 is 0 Å². The van der Waals surface area contributed by atoms with Gasteiger partial charge in [-0.1, -0.05) is 30.3 Å². The molecule has 2 aliphatic rings. The number of ether oxygens (including phenoxy) is 1. The van der Waals surface area contributed by atoms with Crippen molar-refractivity contribution in [3.05, 3.63) is 35.9 Å². The Labute approximate surface area is 169 Å². The molecule has 7 heteroatoms. The van der Waals surface area contributed by atoms with Crippen LogP contribution >= 0.6 is 24.8 Å². The van der Waals surface area contributed by atoms with Crippen LogP contribution in [-0.4, -0.2) is 67.7 Å². The van der Waals surface area contributed by atoms with Crippen LogP contribution in [0.5, 0.6) is 0 Å². The van der Waals surface area contributed by atoms with Crippen LogP contribution in [0.2, 0.25) is 0 Å². The van der Waals surface area contributed by atoms with Crippen molar-refractivity contribution < 1.29 is 9.53 Å². The number of likely N-dealkylation sites (N-methyl/N-ethyl adjacent to an activating group) is 1. The van der Waals surface area contributed by atoms with E-state index in [2.05, 4.69) is 40.5 Å². The Balaban J connectivity index is 0.00000169. The molecule has 2 fully saturated rings. The first kappa shape index (κ1) is 23.2. The fourth-order valence-corrected chi connectivity index (χ4v) is 3.64. The molecule has 1 N–H and O–H groups in total. The number of rotatable bonds is 5.